The first-order valence-corrected chi connectivity index (χ1v) is 6.84. The molecule has 4 nitrogen and oxygen atoms in total. The van der Waals surface area contributed by atoms with Crippen LogP contribution in [0.3, 0.4) is 0 Å². The molecule has 0 saturated heterocycles. The molecule has 0 aromatic carbocycles. The first-order chi connectivity index (χ1) is 8.47. The average Bonchev–Trinajstić information content (AvgIpc) is 2.69. The highest BCUT2D eigenvalue weighted by atomic mass is 35.5. The Balaban J connectivity index is 2.23. The van der Waals surface area contributed by atoms with Crippen molar-refractivity contribution in [1.82, 2.24) is 9.97 Å². The molecule has 0 amide bonds. The van der Waals surface area contributed by atoms with Gasteiger partial charge in [-0.25, -0.2) is 9.97 Å². The van der Waals surface area contributed by atoms with E-state index in [4.69, 9.17) is 28.9 Å². The summed E-state index contributed by atoms with van der Waals surface area (Å²) in [5, 5.41) is 3.89. The molecule has 2 aromatic heterocycles. The van der Waals surface area contributed by atoms with Gasteiger partial charge in [-0.1, -0.05) is 23.2 Å². The number of nitrogens with zero attached hydrogens (tertiary/aromatic N) is 3. The molecule has 0 aliphatic heterocycles. The molecule has 96 valence electrons. The molecule has 2 rings (SSSR count). The van der Waals surface area contributed by atoms with E-state index in [1.807, 2.05) is 24.3 Å². The van der Waals surface area contributed by atoms with E-state index in [1.54, 1.807) is 17.4 Å². The molecule has 0 bridgehead atoms. The normalized spacial score (nSPS) is 10.7. The molecule has 0 spiro atoms. The summed E-state index contributed by atoms with van der Waals surface area (Å²) >= 11 is 13.6. The second kappa shape index (κ2) is 5.30. The van der Waals surface area contributed by atoms with Gasteiger partial charge in [0.05, 0.1) is 27.3 Å². The van der Waals surface area contributed by atoms with Gasteiger partial charge in [0.15, 0.2) is 0 Å². The summed E-state index contributed by atoms with van der Waals surface area (Å²) in [7, 11) is 1.89. The second-order valence-electron chi connectivity index (χ2n) is 3.87. The van der Waals surface area contributed by atoms with Crippen molar-refractivity contribution >= 4 is 46.2 Å². The minimum Gasteiger partial charge on any atom is -0.382 e. The lowest BCUT2D eigenvalue weighted by Crippen LogP contribution is -2.19. The van der Waals surface area contributed by atoms with Crippen molar-refractivity contribution < 1.29 is 0 Å². The Bertz CT molecular complexity index is 570. The lowest BCUT2D eigenvalue weighted by atomic mass is 10.4. The van der Waals surface area contributed by atoms with Crippen LogP contribution in [0.15, 0.2) is 11.4 Å². The Morgan fingerprint density at radius 1 is 1.33 bits per heavy atom. The van der Waals surface area contributed by atoms with Gasteiger partial charge in [-0.2, -0.15) is 0 Å². The van der Waals surface area contributed by atoms with E-state index >= 15 is 0 Å². The van der Waals surface area contributed by atoms with Gasteiger partial charge in [0.1, 0.15) is 11.6 Å². The highest BCUT2D eigenvalue weighted by Gasteiger charge is 2.12. The number of anilines is 2. The van der Waals surface area contributed by atoms with Crippen LogP contribution in [0, 0.1) is 6.92 Å². The summed E-state index contributed by atoms with van der Waals surface area (Å²) in [5.74, 6) is 0.876. The number of nitrogen functional groups attached to an aromatic ring is 1. The number of nitrogens with two attached hydrogens (primary N) is 1. The minimum atomic E-state index is 0.275. The zero-order valence-corrected chi connectivity index (χ0v) is 12.3. The van der Waals surface area contributed by atoms with Crippen molar-refractivity contribution in [3.63, 3.8) is 0 Å². The van der Waals surface area contributed by atoms with Crippen LogP contribution in [0.2, 0.25) is 10.0 Å². The Labute approximate surface area is 119 Å². The van der Waals surface area contributed by atoms with Crippen molar-refractivity contribution in [2.75, 3.05) is 17.7 Å². The molecule has 0 fully saturated rings. The number of aryl methyl sites for hydroxylation is 1. The van der Waals surface area contributed by atoms with Crippen molar-refractivity contribution in [1.29, 1.82) is 0 Å². The Morgan fingerprint density at radius 2 is 2.06 bits per heavy atom. The zero-order valence-electron chi connectivity index (χ0n) is 9.94. The van der Waals surface area contributed by atoms with Gasteiger partial charge in [-0.3, -0.25) is 0 Å². The average molecular weight is 303 g/mol. The van der Waals surface area contributed by atoms with Gasteiger partial charge in [0, 0.05) is 12.4 Å². The maximum absolute atomic E-state index is 6.11. The van der Waals surface area contributed by atoms with Crippen LogP contribution in [0.1, 0.15) is 10.7 Å². The molecule has 0 aliphatic carbocycles. The molecule has 0 saturated carbocycles. The number of halogens is 2. The van der Waals surface area contributed by atoms with Crippen molar-refractivity contribution in [2.24, 2.45) is 0 Å². The van der Waals surface area contributed by atoms with E-state index in [9.17, 15) is 0 Å². The van der Waals surface area contributed by atoms with Crippen molar-refractivity contribution in [2.45, 2.75) is 13.5 Å². The number of hydrogen-bond acceptors (Lipinski definition) is 5. The molecule has 0 unspecified atom stereocenters. The lowest BCUT2D eigenvalue weighted by molar-refractivity contribution is 0.872. The van der Waals surface area contributed by atoms with Gasteiger partial charge in [0.25, 0.3) is 0 Å². The van der Waals surface area contributed by atoms with Gasteiger partial charge >= 0.3 is 0 Å². The molecule has 2 aromatic rings. The van der Waals surface area contributed by atoms with Crippen LogP contribution in [0.5, 0.6) is 0 Å². The number of hydrogen-bond donors (Lipinski definition) is 1. The SMILES string of the molecule is Cc1nc(CN(C)c2nc(N)c(Cl)cc2Cl)cs1. The molecular weight excluding hydrogens is 291 g/mol. The largest absolute Gasteiger partial charge is 0.382 e. The smallest absolute Gasteiger partial charge is 0.150 e. The minimum absolute atomic E-state index is 0.275. The highest BCUT2D eigenvalue weighted by molar-refractivity contribution is 7.09. The van der Waals surface area contributed by atoms with Crippen LogP contribution < -0.4 is 10.6 Å². The molecule has 0 atom stereocenters. The van der Waals surface area contributed by atoms with E-state index in [0.717, 1.165) is 10.7 Å². The number of thiazole rings is 1. The maximum Gasteiger partial charge on any atom is 0.150 e. The number of pyridine rings is 1. The maximum atomic E-state index is 6.11. The highest BCUT2D eigenvalue weighted by Crippen LogP contribution is 2.30. The third-order valence-corrected chi connectivity index (χ3v) is 3.77. The van der Waals surface area contributed by atoms with E-state index in [1.165, 1.54) is 0 Å². The molecule has 7 heteroatoms. The summed E-state index contributed by atoms with van der Waals surface area (Å²) in [5.41, 5.74) is 6.66. The summed E-state index contributed by atoms with van der Waals surface area (Å²) in [4.78, 5) is 10.5. The molecule has 0 aliphatic rings. The standard InChI is InChI=1S/C11H12Cl2N4S/c1-6-15-7(5-18-6)4-17(2)11-9(13)3-8(12)10(14)16-11/h3,5H,4H2,1-2H3,(H2,14,16). The molecule has 0 radical (unpaired) electrons. The molecule has 2 N–H and O–H groups in total. The topological polar surface area (TPSA) is 55.0 Å². The van der Waals surface area contributed by atoms with Gasteiger partial charge < -0.3 is 10.6 Å². The fourth-order valence-electron chi connectivity index (χ4n) is 1.54. The number of aromatic nitrogens is 2. The lowest BCUT2D eigenvalue weighted by Gasteiger charge is -2.18. The van der Waals surface area contributed by atoms with Gasteiger partial charge in [-0.05, 0) is 13.0 Å². The molecular formula is C11H12Cl2N4S. The molecule has 18 heavy (non-hydrogen) atoms. The predicted octanol–water partition coefficient (Wildman–Crippen LogP) is 3.37. The first kappa shape index (κ1) is 13.4. The van der Waals surface area contributed by atoms with Crippen LogP contribution in [-0.4, -0.2) is 17.0 Å². The monoisotopic (exact) mass is 302 g/mol. The van der Waals surface area contributed by atoms with E-state index < -0.39 is 0 Å². The van der Waals surface area contributed by atoms with E-state index in [-0.39, 0.29) is 5.82 Å². The van der Waals surface area contributed by atoms with Crippen LogP contribution >= 0.6 is 34.5 Å². The predicted molar refractivity (Wildman–Crippen MR) is 77.6 cm³/mol. The Hall–Kier alpha value is -1.04. The summed E-state index contributed by atoms with van der Waals surface area (Å²) in [6, 6.07) is 1.60. The van der Waals surface area contributed by atoms with Crippen molar-refractivity contribution in [3.05, 3.63) is 32.2 Å². The fourth-order valence-corrected chi connectivity index (χ4v) is 2.64. The van der Waals surface area contributed by atoms with Crippen LogP contribution in [0.25, 0.3) is 0 Å². The molecule has 2 heterocycles. The van der Waals surface area contributed by atoms with E-state index in [2.05, 4.69) is 9.97 Å². The number of rotatable bonds is 3. The Morgan fingerprint density at radius 3 is 2.67 bits per heavy atom. The third-order valence-electron chi connectivity index (χ3n) is 2.37. The van der Waals surface area contributed by atoms with Gasteiger partial charge in [0.2, 0.25) is 0 Å². The van der Waals surface area contributed by atoms with Crippen LogP contribution in [0.4, 0.5) is 11.6 Å². The summed E-state index contributed by atoms with van der Waals surface area (Å²) in [6.45, 7) is 2.60. The van der Waals surface area contributed by atoms with Crippen LogP contribution in [-0.2, 0) is 6.54 Å². The van der Waals surface area contributed by atoms with Crippen molar-refractivity contribution in [3.8, 4) is 0 Å². The quantitative estimate of drug-likeness (QED) is 0.944. The Kier molecular flexibility index (Phi) is 3.94. The van der Waals surface area contributed by atoms with E-state index in [0.29, 0.717) is 22.4 Å². The fraction of sp³-hybridized carbons (Fsp3) is 0.273. The first-order valence-electron chi connectivity index (χ1n) is 5.21. The summed E-state index contributed by atoms with van der Waals surface area (Å²) in [6.07, 6.45) is 0. The zero-order chi connectivity index (χ0) is 13.3. The van der Waals surface area contributed by atoms with Gasteiger partial charge in [-0.15, -0.1) is 11.3 Å². The third kappa shape index (κ3) is 2.85. The summed E-state index contributed by atoms with van der Waals surface area (Å²) < 4.78 is 0. The second-order valence-corrected chi connectivity index (χ2v) is 5.75.